The van der Waals surface area contributed by atoms with Crippen LogP contribution in [0.5, 0.6) is 0 Å². The van der Waals surface area contributed by atoms with Crippen molar-refractivity contribution in [1.29, 1.82) is 0 Å². The Labute approximate surface area is 146 Å². The number of carbonyl (C=O) groups is 2. The molecule has 0 bridgehead atoms. The second-order valence-corrected chi connectivity index (χ2v) is 6.44. The van der Waals surface area contributed by atoms with E-state index in [1.807, 2.05) is 17.9 Å². The summed E-state index contributed by atoms with van der Waals surface area (Å²) in [7, 11) is 0. The van der Waals surface area contributed by atoms with Gasteiger partial charge in [0, 0.05) is 30.0 Å². The van der Waals surface area contributed by atoms with E-state index >= 15 is 0 Å². The van der Waals surface area contributed by atoms with Crippen LogP contribution in [0.1, 0.15) is 42.1 Å². The molecule has 1 aromatic heterocycles. The molecule has 7 nitrogen and oxygen atoms in total. The minimum atomic E-state index is -0.353. The van der Waals surface area contributed by atoms with E-state index in [-0.39, 0.29) is 18.0 Å². The molecule has 1 aliphatic heterocycles. The van der Waals surface area contributed by atoms with Crippen molar-refractivity contribution in [2.24, 2.45) is 0 Å². The molecule has 1 atom stereocenters. The third-order valence-electron chi connectivity index (χ3n) is 4.54. The van der Waals surface area contributed by atoms with Gasteiger partial charge in [-0.2, -0.15) is 5.10 Å². The van der Waals surface area contributed by atoms with Crippen LogP contribution in [0.2, 0.25) is 0 Å². The minimum Gasteiger partial charge on any atom is -0.336 e. The van der Waals surface area contributed by atoms with E-state index in [4.69, 9.17) is 0 Å². The Bertz CT molecular complexity index is 757. The number of nitrogens with zero attached hydrogens (tertiary/aromatic N) is 2. The van der Waals surface area contributed by atoms with Gasteiger partial charge in [-0.05, 0) is 56.9 Å². The summed E-state index contributed by atoms with van der Waals surface area (Å²) in [5.41, 5.74) is 2.76. The fraction of sp³-hybridized carbons (Fsp3) is 0.389. The zero-order chi connectivity index (χ0) is 17.8. The van der Waals surface area contributed by atoms with Crippen molar-refractivity contribution in [2.45, 2.75) is 39.2 Å². The number of likely N-dealkylation sites (tertiary alicyclic amines) is 1. The molecular formula is C18H23N5O2. The second-order valence-electron chi connectivity index (χ2n) is 6.44. The number of piperidine rings is 1. The molecule has 1 aromatic carbocycles. The number of urea groups is 1. The minimum absolute atomic E-state index is 0.0599. The average molecular weight is 341 g/mol. The van der Waals surface area contributed by atoms with Crippen LogP contribution in [-0.4, -0.2) is 39.6 Å². The zero-order valence-electron chi connectivity index (χ0n) is 14.5. The molecule has 0 saturated carbocycles. The summed E-state index contributed by atoms with van der Waals surface area (Å²) >= 11 is 0. The Balaban J connectivity index is 1.68. The Morgan fingerprint density at radius 2 is 2.12 bits per heavy atom. The number of H-pyrrole nitrogens is 1. The number of hydrogen-bond donors (Lipinski definition) is 3. The predicted octanol–water partition coefficient (Wildman–Crippen LogP) is 3.38. The van der Waals surface area contributed by atoms with E-state index in [0.717, 1.165) is 24.9 Å². The zero-order valence-corrected chi connectivity index (χ0v) is 14.5. The molecular weight excluding hydrogens is 318 g/mol. The van der Waals surface area contributed by atoms with Gasteiger partial charge >= 0.3 is 6.03 Å². The highest BCUT2D eigenvalue weighted by Gasteiger charge is 2.24. The number of carbonyl (C=O) groups excluding carboxylic acids is 2. The highest BCUT2D eigenvalue weighted by atomic mass is 16.2. The summed E-state index contributed by atoms with van der Waals surface area (Å²) in [6.45, 7) is 4.79. The van der Waals surface area contributed by atoms with Gasteiger partial charge < -0.3 is 15.5 Å². The summed E-state index contributed by atoms with van der Waals surface area (Å²) in [4.78, 5) is 26.7. The second kappa shape index (κ2) is 7.38. The third kappa shape index (κ3) is 3.99. The van der Waals surface area contributed by atoms with E-state index in [9.17, 15) is 9.59 Å². The highest BCUT2D eigenvalue weighted by molar-refractivity contribution is 6.01. The van der Waals surface area contributed by atoms with Gasteiger partial charge in [0.25, 0.3) is 5.91 Å². The van der Waals surface area contributed by atoms with Crippen molar-refractivity contribution in [3.63, 3.8) is 0 Å². The van der Waals surface area contributed by atoms with Crippen molar-refractivity contribution >= 4 is 23.3 Å². The molecule has 3 N–H and O–H groups in total. The lowest BCUT2D eigenvalue weighted by Crippen LogP contribution is -2.42. The molecule has 1 fully saturated rings. The van der Waals surface area contributed by atoms with E-state index in [1.54, 1.807) is 18.3 Å². The van der Waals surface area contributed by atoms with Crippen LogP contribution in [-0.2, 0) is 0 Å². The summed E-state index contributed by atoms with van der Waals surface area (Å²) in [6.07, 6.45) is 6.40. The molecule has 132 valence electrons. The number of anilines is 2. The number of benzene rings is 1. The van der Waals surface area contributed by atoms with E-state index in [2.05, 4.69) is 27.8 Å². The molecule has 2 heterocycles. The van der Waals surface area contributed by atoms with Gasteiger partial charge in [-0.1, -0.05) is 0 Å². The first kappa shape index (κ1) is 17.0. The van der Waals surface area contributed by atoms with Crippen LogP contribution >= 0.6 is 0 Å². The van der Waals surface area contributed by atoms with Crippen LogP contribution in [0, 0.1) is 6.92 Å². The van der Waals surface area contributed by atoms with Crippen LogP contribution < -0.4 is 10.6 Å². The molecule has 0 unspecified atom stereocenters. The fourth-order valence-electron chi connectivity index (χ4n) is 3.11. The molecule has 3 rings (SSSR count). The number of hydrogen-bond acceptors (Lipinski definition) is 3. The van der Waals surface area contributed by atoms with Gasteiger partial charge in [0.15, 0.2) is 0 Å². The largest absolute Gasteiger partial charge is 0.336 e. The highest BCUT2D eigenvalue weighted by Crippen LogP contribution is 2.22. The van der Waals surface area contributed by atoms with E-state index in [1.165, 1.54) is 12.6 Å². The Morgan fingerprint density at radius 1 is 1.28 bits per heavy atom. The van der Waals surface area contributed by atoms with E-state index in [0.29, 0.717) is 16.9 Å². The summed E-state index contributed by atoms with van der Waals surface area (Å²) in [6, 6.07) is 5.29. The van der Waals surface area contributed by atoms with Crippen LogP contribution in [0.15, 0.2) is 30.6 Å². The van der Waals surface area contributed by atoms with Crippen molar-refractivity contribution in [1.82, 2.24) is 15.1 Å². The lowest BCUT2D eigenvalue weighted by atomic mass is 10.0. The molecule has 0 aliphatic carbocycles. The molecule has 1 aliphatic rings. The van der Waals surface area contributed by atoms with E-state index < -0.39 is 0 Å². The van der Waals surface area contributed by atoms with Crippen LogP contribution in [0.25, 0.3) is 0 Å². The lowest BCUT2D eigenvalue weighted by molar-refractivity contribution is 0.0635. The molecule has 25 heavy (non-hydrogen) atoms. The summed E-state index contributed by atoms with van der Waals surface area (Å²) in [5.74, 6) is 0.0599. The quantitative estimate of drug-likeness (QED) is 0.799. The maximum Gasteiger partial charge on any atom is 0.323 e. The molecule has 2 aromatic rings. The molecule has 1 saturated heterocycles. The van der Waals surface area contributed by atoms with Crippen molar-refractivity contribution < 1.29 is 9.59 Å². The third-order valence-corrected chi connectivity index (χ3v) is 4.54. The number of aromatic amines is 1. The number of nitrogens with one attached hydrogen (secondary N) is 3. The van der Waals surface area contributed by atoms with Gasteiger partial charge in [-0.25, -0.2) is 4.79 Å². The van der Waals surface area contributed by atoms with Gasteiger partial charge in [-0.3, -0.25) is 9.89 Å². The number of rotatable bonds is 3. The SMILES string of the molecule is Cc1cc(C(=O)N2CCCC[C@@H]2C)ccc1NC(=O)Nc1cn[nH]c1. The Kier molecular flexibility index (Phi) is 5.02. The van der Waals surface area contributed by atoms with Gasteiger partial charge in [0.2, 0.25) is 0 Å². The van der Waals surface area contributed by atoms with Gasteiger partial charge in [0.05, 0.1) is 11.9 Å². The molecule has 7 heteroatoms. The first-order valence-corrected chi connectivity index (χ1v) is 8.53. The predicted molar refractivity (Wildman–Crippen MR) is 96.8 cm³/mol. The first-order chi connectivity index (χ1) is 12.0. The number of aromatic nitrogens is 2. The monoisotopic (exact) mass is 341 g/mol. The maximum atomic E-state index is 12.7. The van der Waals surface area contributed by atoms with Crippen LogP contribution in [0.4, 0.5) is 16.2 Å². The fourth-order valence-corrected chi connectivity index (χ4v) is 3.11. The molecule has 0 spiro atoms. The van der Waals surface area contributed by atoms with Crippen molar-refractivity contribution in [3.05, 3.63) is 41.7 Å². The van der Waals surface area contributed by atoms with Crippen LogP contribution in [0.3, 0.4) is 0 Å². The van der Waals surface area contributed by atoms with Gasteiger partial charge in [-0.15, -0.1) is 0 Å². The standard InChI is InChI=1S/C18H23N5O2/c1-12-9-14(17(24)23-8-4-3-5-13(23)2)6-7-16(12)22-18(25)21-15-10-19-20-11-15/h6-7,9-11,13H,3-5,8H2,1-2H3,(H,19,20)(H2,21,22,25)/t13-/m0/s1. The smallest absolute Gasteiger partial charge is 0.323 e. The van der Waals surface area contributed by atoms with Crippen molar-refractivity contribution in [2.75, 3.05) is 17.2 Å². The van der Waals surface area contributed by atoms with Gasteiger partial charge in [0.1, 0.15) is 0 Å². The number of aryl methyl sites for hydroxylation is 1. The summed E-state index contributed by atoms with van der Waals surface area (Å²) in [5, 5.41) is 11.9. The Morgan fingerprint density at radius 3 is 2.80 bits per heavy atom. The lowest BCUT2D eigenvalue weighted by Gasteiger charge is -2.33. The first-order valence-electron chi connectivity index (χ1n) is 8.53. The molecule has 0 radical (unpaired) electrons. The normalized spacial score (nSPS) is 17.2. The average Bonchev–Trinajstić information content (AvgIpc) is 3.09. The molecule has 3 amide bonds. The Hall–Kier alpha value is -2.83. The maximum absolute atomic E-state index is 12.7. The van der Waals surface area contributed by atoms with Crippen molar-refractivity contribution in [3.8, 4) is 0 Å². The summed E-state index contributed by atoms with van der Waals surface area (Å²) < 4.78 is 0. The number of amides is 3. The topological polar surface area (TPSA) is 90.1 Å².